The van der Waals surface area contributed by atoms with Crippen molar-refractivity contribution in [1.82, 2.24) is 4.68 Å². The minimum absolute atomic E-state index is 0.0716. The van der Waals surface area contributed by atoms with Gasteiger partial charge in [0.05, 0.1) is 25.1 Å². The van der Waals surface area contributed by atoms with Crippen molar-refractivity contribution in [2.45, 2.75) is 25.6 Å². The van der Waals surface area contributed by atoms with E-state index >= 15 is 0 Å². The number of benzene rings is 1. The average molecular weight is 338 g/mol. The number of methoxy groups -OCH3 is 1. The number of hydrogen-bond donors (Lipinski definition) is 1. The second-order valence-electron chi connectivity index (χ2n) is 5.43. The average Bonchev–Trinajstić information content (AvgIpc) is 3.24. The molecule has 0 bridgehead atoms. The lowest BCUT2D eigenvalue weighted by molar-refractivity contribution is 0.0524. The molecule has 8 heteroatoms. The summed E-state index contributed by atoms with van der Waals surface area (Å²) in [5.74, 6) is -1.63. The molecule has 1 aromatic carbocycles. The van der Waals surface area contributed by atoms with Gasteiger partial charge in [0.15, 0.2) is 11.6 Å². The molecule has 3 rings (SSSR count). The van der Waals surface area contributed by atoms with Crippen LogP contribution in [0.4, 0.5) is 8.78 Å². The fourth-order valence-electron chi connectivity index (χ4n) is 2.49. The van der Waals surface area contributed by atoms with Crippen LogP contribution in [-0.4, -0.2) is 36.6 Å². The molecule has 2 aromatic rings. The van der Waals surface area contributed by atoms with Crippen molar-refractivity contribution in [3.05, 3.63) is 39.9 Å². The van der Waals surface area contributed by atoms with Crippen molar-refractivity contribution < 1.29 is 23.0 Å². The monoisotopic (exact) mass is 338 g/mol. The molecule has 1 aliphatic rings. The molecule has 0 unspecified atom stereocenters. The molecule has 0 amide bonds. The number of hydrogen-bond acceptors (Lipinski definition) is 5. The van der Waals surface area contributed by atoms with Gasteiger partial charge in [0.25, 0.3) is 0 Å². The van der Waals surface area contributed by atoms with E-state index in [1.807, 2.05) is 0 Å². The van der Waals surface area contributed by atoms with Crippen molar-refractivity contribution in [1.29, 1.82) is 0 Å². The molecule has 2 atom stereocenters. The van der Waals surface area contributed by atoms with E-state index in [0.717, 1.165) is 6.07 Å². The summed E-state index contributed by atoms with van der Waals surface area (Å²) in [4.78, 5) is 24.6. The lowest BCUT2D eigenvalue weighted by atomic mass is 10.1. The molecule has 1 fully saturated rings. The molecule has 6 nitrogen and oxygen atoms in total. The van der Waals surface area contributed by atoms with Gasteiger partial charge < -0.3 is 14.9 Å². The lowest BCUT2D eigenvalue weighted by Gasteiger charge is -2.17. The van der Waals surface area contributed by atoms with Gasteiger partial charge in [-0.3, -0.25) is 9.47 Å². The molecule has 24 heavy (non-hydrogen) atoms. The predicted molar refractivity (Wildman–Crippen MR) is 83.3 cm³/mol. The van der Waals surface area contributed by atoms with Crippen molar-refractivity contribution in [2.24, 2.45) is 0 Å². The van der Waals surface area contributed by atoms with E-state index in [0.29, 0.717) is 6.42 Å². The highest BCUT2D eigenvalue weighted by atomic mass is 19.1. The van der Waals surface area contributed by atoms with E-state index in [2.05, 4.69) is 5.43 Å². The number of fused-ring (bicyclic) bond motifs is 1. The summed E-state index contributed by atoms with van der Waals surface area (Å²) >= 11 is 0. The van der Waals surface area contributed by atoms with Crippen LogP contribution < -0.4 is 15.6 Å². The van der Waals surface area contributed by atoms with Gasteiger partial charge in [-0.1, -0.05) is 0 Å². The molecule has 1 N–H and O–H groups in total. The summed E-state index contributed by atoms with van der Waals surface area (Å²) < 4.78 is 38.4. The summed E-state index contributed by atoms with van der Waals surface area (Å²) in [5.41, 5.74) is 2.10. The van der Waals surface area contributed by atoms with Crippen LogP contribution in [-0.2, 0) is 4.74 Å². The van der Waals surface area contributed by atoms with Crippen molar-refractivity contribution in [2.75, 3.05) is 19.1 Å². The van der Waals surface area contributed by atoms with Gasteiger partial charge in [-0.2, -0.15) is 0 Å². The highest BCUT2D eigenvalue weighted by molar-refractivity contribution is 5.95. The van der Waals surface area contributed by atoms with Crippen LogP contribution in [0.3, 0.4) is 0 Å². The Morgan fingerprint density at radius 2 is 2.17 bits per heavy atom. The van der Waals surface area contributed by atoms with E-state index in [1.54, 1.807) is 6.92 Å². The van der Waals surface area contributed by atoms with Crippen LogP contribution in [0, 0.1) is 5.82 Å². The molecule has 1 saturated carbocycles. The molecule has 1 aliphatic carbocycles. The number of esters is 1. The number of pyridine rings is 1. The summed E-state index contributed by atoms with van der Waals surface area (Å²) in [6.45, 7) is 1.72. The Hall–Kier alpha value is -2.64. The Balaban J connectivity index is 2.26. The molecule has 0 saturated heterocycles. The lowest BCUT2D eigenvalue weighted by Crippen LogP contribution is -2.27. The molecule has 0 spiro atoms. The van der Waals surface area contributed by atoms with Crippen LogP contribution in [0.15, 0.2) is 23.1 Å². The quantitative estimate of drug-likeness (QED) is 0.844. The number of halogens is 2. The summed E-state index contributed by atoms with van der Waals surface area (Å²) in [6, 6.07) is 1.87. The van der Waals surface area contributed by atoms with Gasteiger partial charge >= 0.3 is 5.97 Å². The first-order valence-corrected chi connectivity index (χ1v) is 7.47. The van der Waals surface area contributed by atoms with Crippen LogP contribution in [0.25, 0.3) is 10.9 Å². The normalized spacial score (nSPS) is 19.2. The van der Waals surface area contributed by atoms with Crippen LogP contribution in [0.2, 0.25) is 0 Å². The molecule has 0 radical (unpaired) electrons. The second-order valence-corrected chi connectivity index (χ2v) is 5.43. The molecule has 0 aliphatic heterocycles. The Bertz CT molecular complexity index is 865. The maximum atomic E-state index is 14.0. The largest absolute Gasteiger partial charge is 0.491 e. The first-order valence-electron chi connectivity index (χ1n) is 7.47. The zero-order valence-corrected chi connectivity index (χ0v) is 13.1. The van der Waals surface area contributed by atoms with E-state index < -0.39 is 29.4 Å². The molecule has 1 heterocycles. The molecule has 1 aromatic heterocycles. The minimum atomic E-state index is -1.04. The molecular weight excluding hydrogens is 322 g/mol. The third kappa shape index (κ3) is 2.68. The van der Waals surface area contributed by atoms with Crippen molar-refractivity contribution in [3.8, 4) is 5.75 Å². The van der Waals surface area contributed by atoms with Crippen LogP contribution in [0.1, 0.15) is 23.7 Å². The zero-order chi connectivity index (χ0) is 17.4. The Labute approximate surface area is 135 Å². The van der Waals surface area contributed by atoms with Crippen LogP contribution in [0.5, 0.6) is 5.75 Å². The van der Waals surface area contributed by atoms with Crippen molar-refractivity contribution >= 4 is 16.9 Å². The Morgan fingerprint density at radius 3 is 2.75 bits per heavy atom. The van der Waals surface area contributed by atoms with Gasteiger partial charge in [0, 0.05) is 12.6 Å². The Morgan fingerprint density at radius 1 is 1.46 bits per heavy atom. The topological polar surface area (TPSA) is 69.6 Å². The van der Waals surface area contributed by atoms with E-state index in [4.69, 9.17) is 9.47 Å². The number of alkyl halides is 1. The van der Waals surface area contributed by atoms with Gasteiger partial charge in [0.2, 0.25) is 5.43 Å². The number of carbonyl (C=O) groups excluding carboxylic acids is 1. The number of aromatic nitrogens is 1. The highest BCUT2D eigenvalue weighted by Crippen LogP contribution is 2.30. The first-order chi connectivity index (χ1) is 11.5. The summed E-state index contributed by atoms with van der Waals surface area (Å²) in [6.07, 6.45) is 0.445. The maximum absolute atomic E-state index is 14.0. The van der Waals surface area contributed by atoms with Gasteiger partial charge in [-0.25, -0.2) is 13.6 Å². The van der Waals surface area contributed by atoms with Crippen LogP contribution >= 0.6 is 0 Å². The fraction of sp³-hybridized carbons (Fsp3) is 0.375. The second kappa shape index (κ2) is 6.10. The third-order valence-electron chi connectivity index (χ3n) is 3.79. The number of nitrogens with one attached hydrogen (secondary N) is 1. The molecule has 128 valence electrons. The number of rotatable bonds is 5. The first kappa shape index (κ1) is 16.2. The standard InChI is InChI=1S/C16H16F2N2O4/c1-3-24-16(22)9-7-20(19-12-6-11(12)18)13-8(14(9)21)4-5-10(17)15(13)23-2/h4-5,7,11-12,19H,3,6H2,1-2H3/t11-,12+/m0/s1. The number of nitrogens with zero attached hydrogens (tertiary/aromatic N) is 1. The minimum Gasteiger partial charge on any atom is -0.491 e. The maximum Gasteiger partial charge on any atom is 0.343 e. The zero-order valence-electron chi connectivity index (χ0n) is 13.1. The van der Waals surface area contributed by atoms with E-state index in [1.165, 1.54) is 24.0 Å². The van der Waals surface area contributed by atoms with Gasteiger partial charge in [-0.05, 0) is 19.1 Å². The van der Waals surface area contributed by atoms with E-state index in [-0.39, 0.29) is 28.8 Å². The summed E-state index contributed by atoms with van der Waals surface area (Å²) in [7, 11) is 1.26. The SMILES string of the molecule is CCOC(=O)c1cn(N[C@@H]2C[C@@H]2F)c2c(OC)c(F)ccc2c1=O. The third-order valence-corrected chi connectivity index (χ3v) is 3.79. The number of carbonyl (C=O) groups is 1. The summed E-state index contributed by atoms with van der Waals surface area (Å²) in [5, 5.41) is 0.0716. The number of ether oxygens (including phenoxy) is 2. The Kier molecular flexibility index (Phi) is 4.13. The van der Waals surface area contributed by atoms with E-state index in [9.17, 15) is 18.4 Å². The van der Waals surface area contributed by atoms with Crippen molar-refractivity contribution in [3.63, 3.8) is 0 Å². The highest BCUT2D eigenvalue weighted by Gasteiger charge is 2.38. The fourth-order valence-corrected chi connectivity index (χ4v) is 2.49. The predicted octanol–water partition coefficient (Wildman–Crippen LogP) is 1.98. The molecular formula is C16H16F2N2O4. The van der Waals surface area contributed by atoms with Gasteiger partial charge in [-0.15, -0.1) is 0 Å². The van der Waals surface area contributed by atoms with Gasteiger partial charge in [0.1, 0.15) is 17.3 Å². The smallest absolute Gasteiger partial charge is 0.343 e.